The van der Waals surface area contributed by atoms with Crippen LogP contribution in [0.25, 0.3) is 0 Å². The lowest BCUT2D eigenvalue weighted by Crippen LogP contribution is -2.31. The number of nitrogens with zero attached hydrogens (tertiary/aromatic N) is 3. The number of anilines is 1. The van der Waals surface area contributed by atoms with Crippen molar-refractivity contribution in [2.24, 2.45) is 16.1 Å². The predicted molar refractivity (Wildman–Crippen MR) is 106 cm³/mol. The molecule has 1 atom stereocenters. The van der Waals surface area contributed by atoms with E-state index in [4.69, 9.17) is 0 Å². The summed E-state index contributed by atoms with van der Waals surface area (Å²) in [6.07, 6.45) is 2.95. The topological polar surface area (TPSA) is 111 Å². The molecule has 2 aromatic carbocycles. The third-order valence-corrected chi connectivity index (χ3v) is 5.41. The highest BCUT2D eigenvalue weighted by Gasteiger charge is 2.21. The standard InChI is InChI=1S/C19H20N4O4S/c1-13-11-18(24)21-22-19(13)15-5-7-16(8-6-15)23(25)20-12-14-3-9-17(10-4-14)28(2,26)27/h3-10,12-13,25H,11H2,1-2H3,(H,21,24). The van der Waals surface area contributed by atoms with E-state index in [9.17, 15) is 18.4 Å². The molecule has 146 valence electrons. The van der Waals surface area contributed by atoms with Crippen molar-refractivity contribution in [2.45, 2.75) is 18.2 Å². The minimum absolute atomic E-state index is 0.0118. The molecule has 1 aliphatic rings. The van der Waals surface area contributed by atoms with Gasteiger partial charge in [0.15, 0.2) is 9.84 Å². The fourth-order valence-electron chi connectivity index (χ4n) is 2.76. The van der Waals surface area contributed by atoms with Crippen LogP contribution in [0, 0.1) is 5.92 Å². The van der Waals surface area contributed by atoms with Gasteiger partial charge >= 0.3 is 0 Å². The number of carbonyl (C=O) groups is 1. The van der Waals surface area contributed by atoms with Gasteiger partial charge in [0.05, 0.1) is 22.5 Å². The van der Waals surface area contributed by atoms with Crippen LogP contribution in [0.4, 0.5) is 5.69 Å². The Hall–Kier alpha value is -3.04. The van der Waals surface area contributed by atoms with E-state index in [1.165, 1.54) is 18.3 Å². The number of benzene rings is 2. The fraction of sp³-hybridized carbons (Fsp3) is 0.211. The molecule has 0 fully saturated rings. The molecule has 2 aromatic rings. The van der Waals surface area contributed by atoms with Gasteiger partial charge in [-0.05, 0) is 35.4 Å². The van der Waals surface area contributed by atoms with Crippen molar-refractivity contribution in [3.8, 4) is 0 Å². The molecule has 8 nitrogen and oxygen atoms in total. The lowest BCUT2D eigenvalue weighted by molar-refractivity contribution is -0.121. The molecule has 1 heterocycles. The van der Waals surface area contributed by atoms with Gasteiger partial charge in [0.1, 0.15) is 0 Å². The SMILES string of the molecule is CC1CC(=O)NN=C1c1ccc(N(O)N=Cc2ccc(S(C)(=O)=O)cc2)cc1. The Kier molecular flexibility index (Phi) is 5.57. The van der Waals surface area contributed by atoms with Crippen molar-refractivity contribution in [1.29, 1.82) is 0 Å². The van der Waals surface area contributed by atoms with E-state index < -0.39 is 9.84 Å². The summed E-state index contributed by atoms with van der Waals surface area (Å²) in [6, 6.07) is 13.1. The van der Waals surface area contributed by atoms with E-state index in [0.29, 0.717) is 17.7 Å². The lowest BCUT2D eigenvalue weighted by Gasteiger charge is -2.19. The number of carbonyl (C=O) groups excluding carboxylic acids is 1. The Morgan fingerprint density at radius 1 is 1.18 bits per heavy atom. The Balaban J connectivity index is 1.70. The molecule has 0 aliphatic carbocycles. The van der Waals surface area contributed by atoms with Crippen molar-refractivity contribution >= 4 is 33.4 Å². The molecular weight excluding hydrogens is 380 g/mol. The van der Waals surface area contributed by atoms with Crippen LogP contribution in [0.1, 0.15) is 24.5 Å². The maximum absolute atomic E-state index is 11.5. The molecule has 0 bridgehead atoms. The van der Waals surface area contributed by atoms with Crippen molar-refractivity contribution in [1.82, 2.24) is 5.43 Å². The monoisotopic (exact) mass is 400 g/mol. The van der Waals surface area contributed by atoms with Gasteiger partial charge in [0, 0.05) is 18.6 Å². The summed E-state index contributed by atoms with van der Waals surface area (Å²) in [4.78, 5) is 11.6. The number of sulfone groups is 1. The predicted octanol–water partition coefficient (Wildman–Crippen LogP) is 2.18. The largest absolute Gasteiger partial charge is 0.273 e. The van der Waals surface area contributed by atoms with Crippen molar-refractivity contribution < 1.29 is 18.4 Å². The number of hydrazone groups is 2. The van der Waals surface area contributed by atoms with Crippen LogP contribution in [0.3, 0.4) is 0 Å². The van der Waals surface area contributed by atoms with Gasteiger partial charge in [0.25, 0.3) is 0 Å². The highest BCUT2D eigenvalue weighted by atomic mass is 32.2. The van der Waals surface area contributed by atoms with Crippen LogP contribution in [-0.2, 0) is 14.6 Å². The molecule has 2 N–H and O–H groups in total. The first-order chi connectivity index (χ1) is 13.2. The second kappa shape index (κ2) is 7.91. The Morgan fingerprint density at radius 3 is 2.39 bits per heavy atom. The average molecular weight is 400 g/mol. The number of nitrogens with one attached hydrogen (secondary N) is 1. The number of rotatable bonds is 5. The van der Waals surface area contributed by atoms with Gasteiger partial charge in [-0.2, -0.15) is 10.2 Å². The van der Waals surface area contributed by atoms with Crippen LogP contribution >= 0.6 is 0 Å². The molecular formula is C19H20N4O4S. The summed E-state index contributed by atoms with van der Waals surface area (Å²) >= 11 is 0. The quantitative estimate of drug-likeness (QED) is 0.590. The minimum Gasteiger partial charge on any atom is -0.273 e. The van der Waals surface area contributed by atoms with Crippen LogP contribution in [-0.4, -0.2) is 37.7 Å². The van der Waals surface area contributed by atoms with Crippen LogP contribution in [0.2, 0.25) is 0 Å². The van der Waals surface area contributed by atoms with E-state index in [0.717, 1.165) is 22.7 Å². The Morgan fingerprint density at radius 2 is 1.82 bits per heavy atom. The molecule has 0 spiro atoms. The van der Waals surface area contributed by atoms with Gasteiger partial charge in [0.2, 0.25) is 5.91 Å². The summed E-state index contributed by atoms with van der Waals surface area (Å²) in [5.41, 5.74) is 5.20. The first-order valence-corrected chi connectivity index (χ1v) is 10.4. The fourth-order valence-corrected chi connectivity index (χ4v) is 3.39. The van der Waals surface area contributed by atoms with Gasteiger partial charge in [-0.25, -0.2) is 13.8 Å². The number of amides is 1. The minimum atomic E-state index is -3.25. The van der Waals surface area contributed by atoms with Gasteiger partial charge in [-0.3, -0.25) is 10.0 Å². The lowest BCUT2D eigenvalue weighted by atomic mass is 9.94. The molecule has 1 amide bonds. The summed E-state index contributed by atoms with van der Waals surface area (Å²) < 4.78 is 22.9. The van der Waals surface area contributed by atoms with Crippen LogP contribution in [0.5, 0.6) is 0 Å². The Labute approximate surface area is 163 Å². The zero-order valence-corrected chi connectivity index (χ0v) is 16.2. The Bertz CT molecular complexity index is 1030. The first kappa shape index (κ1) is 19.7. The normalized spacial score (nSPS) is 17.3. The number of hydrogen-bond donors (Lipinski definition) is 2. The zero-order valence-electron chi connectivity index (χ0n) is 15.4. The van der Waals surface area contributed by atoms with Gasteiger partial charge in [-0.15, -0.1) is 5.17 Å². The molecule has 1 aliphatic heterocycles. The average Bonchev–Trinajstić information content (AvgIpc) is 2.66. The van der Waals surface area contributed by atoms with E-state index in [1.54, 1.807) is 36.4 Å². The smallest absolute Gasteiger partial charge is 0.240 e. The van der Waals surface area contributed by atoms with E-state index in [2.05, 4.69) is 15.6 Å². The maximum Gasteiger partial charge on any atom is 0.240 e. The third kappa shape index (κ3) is 4.62. The van der Waals surface area contributed by atoms with Crippen molar-refractivity contribution in [3.05, 3.63) is 59.7 Å². The van der Waals surface area contributed by atoms with Crippen LogP contribution in [0.15, 0.2) is 63.6 Å². The highest BCUT2D eigenvalue weighted by molar-refractivity contribution is 7.90. The van der Waals surface area contributed by atoms with Gasteiger partial charge in [-0.1, -0.05) is 31.2 Å². The van der Waals surface area contributed by atoms with Crippen molar-refractivity contribution in [3.63, 3.8) is 0 Å². The molecule has 0 saturated carbocycles. The molecule has 9 heteroatoms. The first-order valence-electron chi connectivity index (χ1n) is 8.54. The van der Waals surface area contributed by atoms with E-state index in [1.807, 2.05) is 6.92 Å². The highest BCUT2D eigenvalue weighted by Crippen LogP contribution is 2.20. The van der Waals surface area contributed by atoms with E-state index >= 15 is 0 Å². The molecule has 3 rings (SSSR count). The maximum atomic E-state index is 11.5. The molecule has 0 radical (unpaired) electrons. The third-order valence-electron chi connectivity index (χ3n) is 4.28. The van der Waals surface area contributed by atoms with E-state index in [-0.39, 0.29) is 16.7 Å². The molecule has 1 unspecified atom stereocenters. The number of hydrogen-bond acceptors (Lipinski definition) is 7. The second-order valence-electron chi connectivity index (χ2n) is 6.56. The second-order valence-corrected chi connectivity index (χ2v) is 8.58. The van der Waals surface area contributed by atoms with Gasteiger partial charge < -0.3 is 0 Å². The molecule has 28 heavy (non-hydrogen) atoms. The summed E-state index contributed by atoms with van der Waals surface area (Å²) in [5.74, 6) is -0.0916. The molecule has 0 saturated heterocycles. The molecule has 0 aromatic heterocycles. The zero-order chi connectivity index (χ0) is 20.3. The van der Waals surface area contributed by atoms with Crippen molar-refractivity contribution in [2.75, 3.05) is 11.4 Å². The summed E-state index contributed by atoms with van der Waals surface area (Å²) in [7, 11) is -3.25. The summed E-state index contributed by atoms with van der Waals surface area (Å²) in [6.45, 7) is 1.93. The summed E-state index contributed by atoms with van der Waals surface area (Å²) in [5, 5.41) is 18.9. The van der Waals surface area contributed by atoms with Crippen LogP contribution < -0.4 is 10.6 Å².